The van der Waals surface area contributed by atoms with Crippen LogP contribution in [0.3, 0.4) is 0 Å². The van der Waals surface area contributed by atoms with Crippen molar-refractivity contribution in [3.63, 3.8) is 0 Å². The van der Waals surface area contributed by atoms with Crippen molar-refractivity contribution in [2.24, 2.45) is 5.92 Å². The van der Waals surface area contributed by atoms with Gasteiger partial charge in [0.1, 0.15) is 5.75 Å². The largest absolute Gasteiger partial charge is 0.481 e. The fraction of sp³-hybridized carbons (Fsp3) is 0.438. The van der Waals surface area contributed by atoms with Gasteiger partial charge >= 0.3 is 0 Å². The molecule has 1 unspecified atom stereocenters. The number of halogens is 1. The average Bonchev–Trinajstić information content (AvgIpc) is 2.96. The zero-order valence-electron chi connectivity index (χ0n) is 14.0. The normalized spacial score (nSPS) is 12.2. The number of rotatable bonds is 7. The summed E-state index contributed by atoms with van der Waals surface area (Å²) in [6.07, 6.45) is -0.652. The smallest absolute Gasteiger partial charge is 0.266 e. The van der Waals surface area contributed by atoms with Crippen LogP contribution >= 0.6 is 34.7 Å². The quantitative estimate of drug-likeness (QED) is 0.555. The molecule has 0 saturated heterocycles. The molecular weight excluding hydrogens is 366 g/mol. The number of hydrogen-bond donors (Lipinski definition) is 1. The molecule has 2 aromatic rings. The second kappa shape index (κ2) is 8.69. The van der Waals surface area contributed by atoms with Gasteiger partial charge in [-0.2, -0.15) is 0 Å². The Hall–Kier alpha value is -1.31. The SMILES string of the molecule is Cc1cc(OC(C)C(=O)Nc2nnc(SCC(C)C)s2)ccc1Cl. The van der Waals surface area contributed by atoms with Crippen molar-refractivity contribution in [2.45, 2.75) is 38.1 Å². The molecule has 0 aliphatic carbocycles. The van der Waals surface area contributed by atoms with Crippen LogP contribution in [-0.4, -0.2) is 28.0 Å². The highest BCUT2D eigenvalue weighted by molar-refractivity contribution is 8.01. The number of carbonyl (C=O) groups is 1. The highest BCUT2D eigenvalue weighted by atomic mass is 35.5. The Balaban J connectivity index is 1.90. The Kier molecular flexibility index (Phi) is 6.89. The van der Waals surface area contributed by atoms with Crippen LogP contribution in [-0.2, 0) is 4.79 Å². The maximum Gasteiger partial charge on any atom is 0.266 e. The van der Waals surface area contributed by atoms with Crippen LogP contribution in [0.1, 0.15) is 26.3 Å². The Labute approximate surface area is 155 Å². The van der Waals surface area contributed by atoms with Gasteiger partial charge in [0, 0.05) is 10.8 Å². The summed E-state index contributed by atoms with van der Waals surface area (Å²) in [5.74, 6) is 1.88. The molecule has 0 saturated carbocycles. The predicted molar refractivity (Wildman–Crippen MR) is 100 cm³/mol. The average molecular weight is 386 g/mol. The van der Waals surface area contributed by atoms with E-state index in [-0.39, 0.29) is 5.91 Å². The maximum atomic E-state index is 12.2. The Bertz CT molecular complexity index is 706. The molecule has 1 heterocycles. The molecule has 0 radical (unpaired) electrons. The molecule has 8 heteroatoms. The van der Waals surface area contributed by atoms with Crippen LogP contribution in [0.25, 0.3) is 0 Å². The molecule has 0 fully saturated rings. The fourth-order valence-corrected chi connectivity index (χ4v) is 3.56. The van der Waals surface area contributed by atoms with E-state index in [4.69, 9.17) is 16.3 Å². The van der Waals surface area contributed by atoms with E-state index in [0.717, 1.165) is 15.7 Å². The number of aryl methyl sites for hydroxylation is 1. The minimum absolute atomic E-state index is 0.265. The van der Waals surface area contributed by atoms with Crippen molar-refractivity contribution >= 4 is 45.7 Å². The minimum atomic E-state index is -0.652. The van der Waals surface area contributed by atoms with Gasteiger partial charge in [0.05, 0.1) is 0 Å². The Morgan fingerprint density at radius 1 is 1.38 bits per heavy atom. The highest BCUT2D eigenvalue weighted by Gasteiger charge is 2.17. The molecular formula is C16H20ClN3O2S2. The van der Waals surface area contributed by atoms with Gasteiger partial charge in [0.15, 0.2) is 10.4 Å². The van der Waals surface area contributed by atoms with Crippen LogP contribution < -0.4 is 10.1 Å². The Morgan fingerprint density at radius 3 is 2.79 bits per heavy atom. The summed E-state index contributed by atoms with van der Waals surface area (Å²) < 4.78 is 6.50. The number of nitrogens with one attached hydrogen (secondary N) is 1. The van der Waals surface area contributed by atoms with E-state index < -0.39 is 6.10 Å². The first-order chi connectivity index (χ1) is 11.3. The molecule has 1 N–H and O–H groups in total. The summed E-state index contributed by atoms with van der Waals surface area (Å²) in [5.41, 5.74) is 0.901. The number of amides is 1. The summed E-state index contributed by atoms with van der Waals surface area (Å²) in [4.78, 5) is 12.2. The molecule has 2 rings (SSSR count). The predicted octanol–water partition coefficient (Wildman–Crippen LogP) is 4.65. The van der Waals surface area contributed by atoms with Gasteiger partial charge in [-0.05, 0) is 43.5 Å². The van der Waals surface area contributed by atoms with Crippen LogP contribution in [0.4, 0.5) is 5.13 Å². The number of hydrogen-bond acceptors (Lipinski definition) is 6. The number of anilines is 1. The summed E-state index contributed by atoms with van der Waals surface area (Å²) >= 11 is 8.99. The molecule has 130 valence electrons. The van der Waals surface area contributed by atoms with Crippen molar-refractivity contribution in [1.29, 1.82) is 0 Å². The van der Waals surface area contributed by atoms with Crippen LogP contribution in [0.5, 0.6) is 5.75 Å². The lowest BCUT2D eigenvalue weighted by Gasteiger charge is -2.14. The number of aromatic nitrogens is 2. The van der Waals surface area contributed by atoms with Gasteiger partial charge in [0.25, 0.3) is 5.91 Å². The van der Waals surface area contributed by atoms with E-state index in [0.29, 0.717) is 21.8 Å². The lowest BCUT2D eigenvalue weighted by atomic mass is 10.2. The third-order valence-electron chi connectivity index (χ3n) is 2.99. The second-order valence-corrected chi connectivity index (χ2v) is 8.39. The molecule has 0 aliphatic heterocycles. The molecule has 1 atom stereocenters. The van der Waals surface area contributed by atoms with E-state index in [9.17, 15) is 4.79 Å². The first kappa shape index (κ1) is 19.0. The zero-order valence-corrected chi connectivity index (χ0v) is 16.4. The summed E-state index contributed by atoms with van der Waals surface area (Å²) in [6.45, 7) is 7.87. The van der Waals surface area contributed by atoms with Gasteiger partial charge in [-0.3, -0.25) is 10.1 Å². The van der Waals surface area contributed by atoms with Crippen molar-refractivity contribution in [2.75, 3.05) is 11.1 Å². The first-order valence-corrected chi connectivity index (χ1v) is 9.73. The summed E-state index contributed by atoms with van der Waals surface area (Å²) in [6, 6.07) is 5.29. The van der Waals surface area contributed by atoms with Gasteiger partial charge < -0.3 is 4.74 Å². The van der Waals surface area contributed by atoms with Crippen molar-refractivity contribution < 1.29 is 9.53 Å². The number of thioether (sulfide) groups is 1. The number of ether oxygens (including phenoxy) is 1. The van der Waals surface area contributed by atoms with Crippen molar-refractivity contribution in [1.82, 2.24) is 10.2 Å². The first-order valence-electron chi connectivity index (χ1n) is 7.55. The van der Waals surface area contributed by atoms with Crippen LogP contribution in [0.15, 0.2) is 22.5 Å². The molecule has 24 heavy (non-hydrogen) atoms. The highest BCUT2D eigenvalue weighted by Crippen LogP contribution is 2.27. The van der Waals surface area contributed by atoms with E-state index in [2.05, 4.69) is 29.4 Å². The van der Waals surface area contributed by atoms with E-state index in [1.165, 1.54) is 11.3 Å². The van der Waals surface area contributed by atoms with Crippen LogP contribution in [0, 0.1) is 12.8 Å². The van der Waals surface area contributed by atoms with E-state index in [1.807, 2.05) is 6.92 Å². The molecule has 0 spiro atoms. The van der Waals surface area contributed by atoms with Crippen molar-refractivity contribution in [3.05, 3.63) is 28.8 Å². The van der Waals surface area contributed by atoms with E-state index in [1.54, 1.807) is 36.9 Å². The molecule has 0 aliphatic rings. The number of carbonyl (C=O) groups excluding carboxylic acids is 1. The fourth-order valence-electron chi connectivity index (χ4n) is 1.71. The maximum absolute atomic E-state index is 12.2. The standard InChI is InChI=1S/C16H20ClN3O2S2/c1-9(2)8-23-16-20-19-15(24-16)18-14(21)11(4)22-12-5-6-13(17)10(3)7-12/h5-7,9,11H,8H2,1-4H3,(H,18,19,21). The Morgan fingerprint density at radius 2 is 2.12 bits per heavy atom. The second-order valence-electron chi connectivity index (χ2n) is 5.74. The number of nitrogens with zero attached hydrogens (tertiary/aromatic N) is 2. The topological polar surface area (TPSA) is 64.1 Å². The molecule has 5 nitrogen and oxygen atoms in total. The number of benzene rings is 1. The molecule has 1 amide bonds. The van der Waals surface area contributed by atoms with Gasteiger partial charge in [-0.1, -0.05) is 48.5 Å². The van der Waals surface area contributed by atoms with Gasteiger partial charge in [0.2, 0.25) is 5.13 Å². The summed E-state index contributed by atoms with van der Waals surface area (Å²) in [7, 11) is 0. The minimum Gasteiger partial charge on any atom is -0.481 e. The molecule has 1 aromatic carbocycles. The van der Waals surface area contributed by atoms with Crippen LogP contribution in [0.2, 0.25) is 5.02 Å². The van der Waals surface area contributed by atoms with Gasteiger partial charge in [-0.25, -0.2) is 0 Å². The van der Waals surface area contributed by atoms with E-state index >= 15 is 0 Å². The molecule has 1 aromatic heterocycles. The summed E-state index contributed by atoms with van der Waals surface area (Å²) in [5, 5.41) is 11.9. The lowest BCUT2D eigenvalue weighted by Crippen LogP contribution is -2.30. The third-order valence-corrected chi connectivity index (χ3v) is 5.81. The lowest BCUT2D eigenvalue weighted by molar-refractivity contribution is -0.122. The van der Waals surface area contributed by atoms with Crippen molar-refractivity contribution in [3.8, 4) is 5.75 Å². The third kappa shape index (κ3) is 5.65. The molecule has 0 bridgehead atoms. The monoisotopic (exact) mass is 385 g/mol. The zero-order chi connectivity index (χ0) is 17.7. The van der Waals surface area contributed by atoms with Gasteiger partial charge in [-0.15, -0.1) is 10.2 Å².